The van der Waals surface area contributed by atoms with Gasteiger partial charge in [-0.3, -0.25) is 4.79 Å². The molecule has 1 amide bonds. The van der Waals surface area contributed by atoms with Crippen LogP contribution in [0.2, 0.25) is 0 Å². The highest BCUT2D eigenvalue weighted by molar-refractivity contribution is 7.09. The number of aromatic nitrogens is 1. The normalized spacial score (nSPS) is 11.2. The van der Waals surface area contributed by atoms with Gasteiger partial charge in [-0.05, 0) is 39.8 Å². The number of aryl methyl sites for hydroxylation is 1. The molecule has 0 fully saturated rings. The highest BCUT2D eigenvalue weighted by atomic mass is 32.1. The van der Waals surface area contributed by atoms with Crippen LogP contribution in [0.4, 0.5) is 5.69 Å². The third-order valence-corrected chi connectivity index (χ3v) is 4.28. The third kappa shape index (κ3) is 3.61. The van der Waals surface area contributed by atoms with E-state index in [4.69, 9.17) is 0 Å². The summed E-state index contributed by atoms with van der Waals surface area (Å²) in [4.78, 5) is 16.9. The highest BCUT2D eigenvalue weighted by Gasteiger charge is 2.26. The molecule has 4 nitrogen and oxygen atoms in total. The first kappa shape index (κ1) is 15.5. The van der Waals surface area contributed by atoms with Crippen LogP contribution in [-0.2, 0) is 5.54 Å². The van der Waals surface area contributed by atoms with Crippen molar-refractivity contribution in [2.24, 2.45) is 0 Å². The fourth-order valence-corrected chi connectivity index (χ4v) is 2.85. The molecule has 0 aliphatic carbocycles. The van der Waals surface area contributed by atoms with E-state index in [1.807, 2.05) is 51.3 Å². The standard InChI is InChI=1S/C16H21N3OS/c1-5-17-13-7-6-11(2)10-12(13)14(20)19-16(3,4)15-18-8-9-21-15/h6-10,17H,5H2,1-4H3,(H,19,20). The fraction of sp³-hybridized carbons (Fsp3) is 0.375. The van der Waals surface area contributed by atoms with Crippen molar-refractivity contribution in [3.05, 3.63) is 45.9 Å². The predicted molar refractivity (Wildman–Crippen MR) is 87.9 cm³/mol. The zero-order chi connectivity index (χ0) is 15.5. The third-order valence-electron chi connectivity index (χ3n) is 3.18. The monoisotopic (exact) mass is 303 g/mol. The van der Waals surface area contributed by atoms with Crippen LogP contribution in [-0.4, -0.2) is 17.4 Å². The van der Waals surface area contributed by atoms with Crippen LogP contribution < -0.4 is 10.6 Å². The topological polar surface area (TPSA) is 54.0 Å². The molecule has 0 saturated heterocycles. The molecule has 0 bridgehead atoms. The summed E-state index contributed by atoms with van der Waals surface area (Å²) in [6.45, 7) is 8.71. The van der Waals surface area contributed by atoms with Gasteiger partial charge in [0.25, 0.3) is 5.91 Å². The Morgan fingerprint density at radius 3 is 2.76 bits per heavy atom. The molecule has 2 aromatic rings. The Morgan fingerprint density at radius 1 is 1.38 bits per heavy atom. The summed E-state index contributed by atoms with van der Waals surface area (Å²) < 4.78 is 0. The molecule has 21 heavy (non-hydrogen) atoms. The van der Waals surface area contributed by atoms with Gasteiger partial charge in [-0.25, -0.2) is 4.98 Å². The minimum Gasteiger partial charge on any atom is -0.385 e. The van der Waals surface area contributed by atoms with E-state index in [1.165, 1.54) is 0 Å². The van der Waals surface area contributed by atoms with Crippen LogP contribution in [0, 0.1) is 6.92 Å². The summed E-state index contributed by atoms with van der Waals surface area (Å²) in [5.41, 5.74) is 2.10. The number of nitrogens with one attached hydrogen (secondary N) is 2. The first-order chi connectivity index (χ1) is 9.94. The average molecular weight is 303 g/mol. The number of rotatable bonds is 5. The lowest BCUT2D eigenvalue weighted by atomic mass is 10.0. The van der Waals surface area contributed by atoms with Crippen LogP contribution in [0.15, 0.2) is 29.8 Å². The number of anilines is 1. The van der Waals surface area contributed by atoms with Gasteiger partial charge in [-0.15, -0.1) is 11.3 Å². The molecule has 0 aliphatic heterocycles. The SMILES string of the molecule is CCNc1ccc(C)cc1C(=O)NC(C)(C)c1nccs1. The summed E-state index contributed by atoms with van der Waals surface area (Å²) in [6.07, 6.45) is 1.75. The van der Waals surface area contributed by atoms with E-state index in [0.717, 1.165) is 22.8 Å². The Hall–Kier alpha value is -1.88. The molecular formula is C16H21N3OS. The van der Waals surface area contributed by atoms with Crippen molar-refractivity contribution in [2.45, 2.75) is 33.2 Å². The molecule has 0 unspecified atom stereocenters. The number of hydrogen-bond acceptors (Lipinski definition) is 4. The first-order valence-corrected chi connectivity index (χ1v) is 7.89. The Bertz CT molecular complexity index is 620. The number of thiazole rings is 1. The maximum atomic E-state index is 12.6. The van der Waals surface area contributed by atoms with Crippen molar-refractivity contribution >= 4 is 22.9 Å². The second kappa shape index (κ2) is 6.26. The van der Waals surface area contributed by atoms with Crippen LogP contribution in [0.25, 0.3) is 0 Å². The zero-order valence-corrected chi connectivity index (χ0v) is 13.7. The van der Waals surface area contributed by atoms with Crippen molar-refractivity contribution in [3.63, 3.8) is 0 Å². The minimum absolute atomic E-state index is 0.0881. The van der Waals surface area contributed by atoms with Gasteiger partial charge in [-0.1, -0.05) is 11.6 Å². The molecule has 0 radical (unpaired) electrons. The van der Waals surface area contributed by atoms with E-state index >= 15 is 0 Å². The van der Waals surface area contributed by atoms with Gasteiger partial charge < -0.3 is 10.6 Å². The van der Waals surface area contributed by atoms with Gasteiger partial charge in [0.15, 0.2) is 0 Å². The summed E-state index contributed by atoms with van der Waals surface area (Å²) in [7, 11) is 0. The van der Waals surface area contributed by atoms with Crippen LogP contribution in [0.1, 0.15) is 41.7 Å². The van der Waals surface area contributed by atoms with E-state index in [9.17, 15) is 4.79 Å². The summed E-state index contributed by atoms with van der Waals surface area (Å²) in [6, 6.07) is 5.86. The molecule has 1 aromatic carbocycles. The Balaban J connectivity index is 2.26. The minimum atomic E-state index is -0.488. The lowest BCUT2D eigenvalue weighted by molar-refractivity contribution is 0.0912. The molecule has 2 rings (SSSR count). The lowest BCUT2D eigenvalue weighted by Crippen LogP contribution is -2.41. The highest BCUT2D eigenvalue weighted by Crippen LogP contribution is 2.24. The summed E-state index contributed by atoms with van der Waals surface area (Å²) in [5, 5.41) is 9.11. The fourth-order valence-electron chi connectivity index (χ4n) is 2.13. The second-order valence-electron chi connectivity index (χ2n) is 5.50. The van der Waals surface area contributed by atoms with Crippen LogP contribution in [0.5, 0.6) is 0 Å². The second-order valence-corrected chi connectivity index (χ2v) is 6.39. The Labute approximate surface area is 129 Å². The first-order valence-electron chi connectivity index (χ1n) is 7.01. The number of carbonyl (C=O) groups excluding carboxylic acids is 1. The quantitative estimate of drug-likeness (QED) is 0.888. The van der Waals surface area contributed by atoms with E-state index in [-0.39, 0.29) is 5.91 Å². The van der Waals surface area contributed by atoms with E-state index in [1.54, 1.807) is 17.5 Å². The molecular weight excluding hydrogens is 282 g/mol. The van der Waals surface area contributed by atoms with E-state index < -0.39 is 5.54 Å². The van der Waals surface area contributed by atoms with Gasteiger partial charge in [-0.2, -0.15) is 0 Å². The molecule has 0 atom stereocenters. The van der Waals surface area contributed by atoms with Crippen molar-refractivity contribution in [1.82, 2.24) is 10.3 Å². The maximum absolute atomic E-state index is 12.6. The smallest absolute Gasteiger partial charge is 0.254 e. The van der Waals surface area contributed by atoms with E-state index in [0.29, 0.717) is 5.56 Å². The van der Waals surface area contributed by atoms with E-state index in [2.05, 4.69) is 15.6 Å². The van der Waals surface area contributed by atoms with Crippen molar-refractivity contribution in [1.29, 1.82) is 0 Å². The Morgan fingerprint density at radius 2 is 2.14 bits per heavy atom. The van der Waals surface area contributed by atoms with Gasteiger partial charge in [0, 0.05) is 23.8 Å². The molecule has 2 N–H and O–H groups in total. The molecule has 112 valence electrons. The van der Waals surface area contributed by atoms with Gasteiger partial charge in [0.1, 0.15) is 5.01 Å². The number of amides is 1. The zero-order valence-electron chi connectivity index (χ0n) is 12.9. The molecule has 0 spiro atoms. The lowest BCUT2D eigenvalue weighted by Gasteiger charge is -2.24. The molecule has 0 saturated carbocycles. The van der Waals surface area contributed by atoms with Crippen molar-refractivity contribution < 1.29 is 4.79 Å². The number of nitrogens with zero attached hydrogens (tertiary/aromatic N) is 1. The van der Waals surface area contributed by atoms with Gasteiger partial charge >= 0.3 is 0 Å². The maximum Gasteiger partial charge on any atom is 0.254 e. The summed E-state index contributed by atoms with van der Waals surface area (Å²) >= 11 is 1.54. The average Bonchev–Trinajstić information content (AvgIpc) is 2.95. The largest absolute Gasteiger partial charge is 0.385 e. The molecule has 5 heteroatoms. The molecule has 1 heterocycles. The van der Waals surface area contributed by atoms with Gasteiger partial charge in [0.2, 0.25) is 0 Å². The van der Waals surface area contributed by atoms with Crippen LogP contribution >= 0.6 is 11.3 Å². The Kier molecular flexibility index (Phi) is 4.63. The predicted octanol–water partition coefficient (Wildman–Crippen LogP) is 3.55. The molecule has 0 aliphatic rings. The number of benzene rings is 1. The number of hydrogen-bond donors (Lipinski definition) is 2. The molecule has 1 aromatic heterocycles. The van der Waals surface area contributed by atoms with Crippen molar-refractivity contribution in [2.75, 3.05) is 11.9 Å². The number of carbonyl (C=O) groups is 1. The van der Waals surface area contributed by atoms with Gasteiger partial charge in [0.05, 0.1) is 11.1 Å². The van der Waals surface area contributed by atoms with Crippen LogP contribution in [0.3, 0.4) is 0 Å². The van der Waals surface area contributed by atoms with Crippen molar-refractivity contribution in [3.8, 4) is 0 Å². The summed E-state index contributed by atoms with van der Waals surface area (Å²) in [5.74, 6) is -0.0881.